The van der Waals surface area contributed by atoms with Crippen LogP contribution in [0.4, 0.5) is 0 Å². The van der Waals surface area contributed by atoms with Crippen molar-refractivity contribution in [1.82, 2.24) is 4.90 Å². The number of nitrogens with zero attached hydrogens (tertiary/aromatic N) is 1. The zero-order valence-electron chi connectivity index (χ0n) is 11.3. The molecule has 20 heavy (non-hydrogen) atoms. The number of benzene rings is 1. The van der Waals surface area contributed by atoms with Crippen molar-refractivity contribution in [2.75, 3.05) is 13.6 Å². The van der Waals surface area contributed by atoms with Crippen LogP contribution in [0, 0.1) is 5.92 Å². The molecule has 4 heteroatoms. The van der Waals surface area contributed by atoms with Gasteiger partial charge >= 0.3 is 0 Å². The second-order valence-electron chi connectivity index (χ2n) is 6.61. The van der Waals surface area contributed by atoms with Gasteiger partial charge in [0.25, 0.3) is 0 Å². The molecule has 0 amide bonds. The number of likely N-dealkylation sites (tertiary alicyclic amines) is 1. The molecule has 5 atom stereocenters. The van der Waals surface area contributed by atoms with Crippen LogP contribution in [0.3, 0.4) is 0 Å². The Morgan fingerprint density at radius 1 is 1.35 bits per heavy atom. The molecule has 1 aromatic rings. The Morgan fingerprint density at radius 2 is 2.20 bits per heavy atom. The van der Waals surface area contributed by atoms with Crippen molar-refractivity contribution in [1.29, 1.82) is 0 Å². The summed E-state index contributed by atoms with van der Waals surface area (Å²) >= 11 is 0. The molecule has 2 N–H and O–H groups in total. The molecule has 1 spiro atoms. The van der Waals surface area contributed by atoms with Crippen LogP contribution in [-0.2, 0) is 11.8 Å². The Labute approximate surface area is 117 Å². The Kier molecular flexibility index (Phi) is 1.79. The third-order valence-electron chi connectivity index (χ3n) is 5.78. The molecule has 1 aromatic carbocycles. The number of phenolic OH excluding ortho intramolecular Hbond substituents is 1. The zero-order chi connectivity index (χ0) is 13.6. The van der Waals surface area contributed by atoms with Gasteiger partial charge in [0.2, 0.25) is 0 Å². The van der Waals surface area contributed by atoms with E-state index in [4.69, 9.17) is 4.74 Å². The maximum atomic E-state index is 10.4. The van der Waals surface area contributed by atoms with Crippen LogP contribution in [0.25, 0.3) is 0 Å². The molecule has 1 fully saturated rings. The molecule has 2 aliphatic carbocycles. The minimum atomic E-state index is -0.601. The molecule has 2 heterocycles. The minimum Gasteiger partial charge on any atom is -0.504 e. The molecular formula is C16H17NO3. The zero-order valence-corrected chi connectivity index (χ0v) is 11.3. The number of likely N-dealkylation sites (N-methyl/N-ethyl adjacent to an activating group) is 1. The molecule has 104 valence electrons. The summed E-state index contributed by atoms with van der Waals surface area (Å²) in [6.07, 6.45) is 4.15. The van der Waals surface area contributed by atoms with Crippen LogP contribution < -0.4 is 4.74 Å². The van der Waals surface area contributed by atoms with Crippen molar-refractivity contribution in [2.24, 2.45) is 5.92 Å². The van der Waals surface area contributed by atoms with Crippen molar-refractivity contribution in [3.05, 3.63) is 35.4 Å². The predicted octanol–water partition coefficient (Wildman–Crippen LogP) is 0.808. The quantitative estimate of drug-likeness (QED) is 0.686. The summed E-state index contributed by atoms with van der Waals surface area (Å²) in [5.41, 5.74) is 2.24. The van der Waals surface area contributed by atoms with Gasteiger partial charge in [-0.3, -0.25) is 0 Å². The van der Waals surface area contributed by atoms with Crippen molar-refractivity contribution in [3.63, 3.8) is 0 Å². The average Bonchev–Trinajstić information content (AvgIpc) is 2.87. The monoisotopic (exact) mass is 271 g/mol. The third-order valence-corrected chi connectivity index (χ3v) is 5.78. The molecule has 5 rings (SSSR count). The number of hydrogen-bond acceptors (Lipinski definition) is 4. The first-order valence-electron chi connectivity index (χ1n) is 7.21. The van der Waals surface area contributed by atoms with E-state index in [1.54, 1.807) is 6.07 Å². The van der Waals surface area contributed by atoms with E-state index >= 15 is 0 Å². The number of aromatic hydroxyl groups is 1. The number of rotatable bonds is 0. The molecule has 4 aliphatic rings. The highest BCUT2D eigenvalue weighted by atomic mass is 16.5. The van der Waals surface area contributed by atoms with E-state index in [2.05, 4.69) is 18.0 Å². The lowest BCUT2D eigenvalue weighted by Gasteiger charge is -2.43. The van der Waals surface area contributed by atoms with Gasteiger partial charge in [-0.1, -0.05) is 18.2 Å². The van der Waals surface area contributed by atoms with E-state index < -0.39 is 6.10 Å². The fraction of sp³-hybridized carbons (Fsp3) is 0.500. The normalized spacial score (nSPS) is 43.5. The maximum absolute atomic E-state index is 10.4. The molecule has 0 saturated carbocycles. The van der Waals surface area contributed by atoms with Crippen LogP contribution in [0.1, 0.15) is 11.1 Å². The topological polar surface area (TPSA) is 52.9 Å². The molecule has 2 aliphatic heterocycles. The number of aliphatic hydroxyl groups excluding tert-OH is 1. The largest absolute Gasteiger partial charge is 0.504 e. The molecule has 0 radical (unpaired) electrons. The number of phenols is 1. The standard InChI is InChI=1S/C16H17NO3/c1-17-7-16-9-3-5-12(19)15(16)20-14-11(18)4-2-8(13(14)16)6-10(9)17/h2-5,9-10,12,15,18-19H,6-7H2,1H3/t9-,10+,12-,15-,16-/m0/s1. The van der Waals surface area contributed by atoms with E-state index in [0.29, 0.717) is 17.7 Å². The summed E-state index contributed by atoms with van der Waals surface area (Å²) in [4.78, 5) is 2.38. The molecule has 0 aromatic heterocycles. The summed E-state index contributed by atoms with van der Waals surface area (Å²) in [7, 11) is 2.15. The van der Waals surface area contributed by atoms with Crippen molar-refractivity contribution in [2.45, 2.75) is 30.1 Å². The Bertz CT molecular complexity index is 655. The summed E-state index contributed by atoms with van der Waals surface area (Å²) in [6.45, 7) is 0.887. The van der Waals surface area contributed by atoms with E-state index in [1.165, 1.54) is 5.56 Å². The summed E-state index contributed by atoms with van der Waals surface area (Å²) in [5.74, 6) is 1.18. The van der Waals surface area contributed by atoms with Crippen molar-refractivity contribution >= 4 is 0 Å². The van der Waals surface area contributed by atoms with E-state index in [1.807, 2.05) is 12.1 Å². The number of hydrogen-bond donors (Lipinski definition) is 2. The van der Waals surface area contributed by atoms with E-state index in [-0.39, 0.29) is 17.3 Å². The van der Waals surface area contributed by atoms with E-state index in [0.717, 1.165) is 18.5 Å². The minimum absolute atomic E-state index is 0.185. The van der Waals surface area contributed by atoms with Crippen LogP contribution >= 0.6 is 0 Å². The summed E-state index contributed by atoms with van der Waals surface area (Å²) in [5, 5.41) is 20.5. The third kappa shape index (κ3) is 0.980. The fourth-order valence-corrected chi connectivity index (χ4v) is 5.08. The molecular weight excluding hydrogens is 254 g/mol. The lowest BCUT2D eigenvalue weighted by molar-refractivity contribution is 0.0160. The Hall–Kier alpha value is -1.52. The van der Waals surface area contributed by atoms with Gasteiger partial charge in [-0.05, 0) is 25.1 Å². The summed E-state index contributed by atoms with van der Waals surface area (Å²) in [6, 6.07) is 4.21. The number of aliphatic hydroxyl groups is 1. The van der Waals surface area contributed by atoms with Crippen LogP contribution in [0.2, 0.25) is 0 Å². The molecule has 2 bridgehead atoms. The van der Waals surface area contributed by atoms with Gasteiger partial charge in [0.15, 0.2) is 11.5 Å². The van der Waals surface area contributed by atoms with Crippen molar-refractivity contribution < 1.29 is 14.9 Å². The maximum Gasteiger partial charge on any atom is 0.165 e. The van der Waals surface area contributed by atoms with Crippen LogP contribution in [-0.4, -0.2) is 47.0 Å². The van der Waals surface area contributed by atoms with Gasteiger partial charge in [0, 0.05) is 24.1 Å². The lowest BCUT2D eigenvalue weighted by atomic mass is 9.59. The Balaban J connectivity index is 1.87. The summed E-state index contributed by atoms with van der Waals surface area (Å²) < 4.78 is 6.04. The highest BCUT2D eigenvalue weighted by Gasteiger charge is 2.66. The van der Waals surface area contributed by atoms with Crippen molar-refractivity contribution in [3.8, 4) is 11.5 Å². The van der Waals surface area contributed by atoms with Gasteiger partial charge in [-0.25, -0.2) is 0 Å². The Morgan fingerprint density at radius 3 is 3.05 bits per heavy atom. The fourth-order valence-electron chi connectivity index (χ4n) is 5.08. The SMILES string of the molecule is CN1C[C@]23c4c5ccc(O)c4O[C@H]2[C@@H](O)C=C[C@H]3[C@H]1C5. The van der Waals surface area contributed by atoms with Crippen LogP contribution in [0.5, 0.6) is 11.5 Å². The second-order valence-corrected chi connectivity index (χ2v) is 6.61. The molecule has 1 saturated heterocycles. The predicted molar refractivity (Wildman–Crippen MR) is 73.0 cm³/mol. The highest BCUT2D eigenvalue weighted by Crippen LogP contribution is 2.62. The smallest absolute Gasteiger partial charge is 0.165 e. The van der Waals surface area contributed by atoms with Crippen LogP contribution in [0.15, 0.2) is 24.3 Å². The first-order chi connectivity index (χ1) is 9.63. The molecule has 4 nitrogen and oxygen atoms in total. The second kappa shape index (κ2) is 3.21. The van der Waals surface area contributed by atoms with Gasteiger partial charge in [-0.15, -0.1) is 0 Å². The number of ether oxygens (including phenoxy) is 1. The van der Waals surface area contributed by atoms with Gasteiger partial charge in [0.1, 0.15) is 12.2 Å². The lowest BCUT2D eigenvalue weighted by Crippen LogP contribution is -2.54. The highest BCUT2D eigenvalue weighted by molar-refractivity contribution is 5.62. The first kappa shape index (κ1) is 11.2. The van der Waals surface area contributed by atoms with Gasteiger partial charge < -0.3 is 19.8 Å². The molecule has 0 unspecified atom stereocenters. The van der Waals surface area contributed by atoms with Gasteiger partial charge in [0.05, 0.1) is 5.41 Å². The average molecular weight is 271 g/mol. The first-order valence-corrected chi connectivity index (χ1v) is 7.21. The van der Waals surface area contributed by atoms with Gasteiger partial charge in [-0.2, -0.15) is 0 Å². The van der Waals surface area contributed by atoms with E-state index in [9.17, 15) is 10.2 Å².